The van der Waals surface area contributed by atoms with Crippen LogP contribution in [0.15, 0.2) is 24.3 Å². The summed E-state index contributed by atoms with van der Waals surface area (Å²) in [6.45, 7) is 7.34. The molecule has 1 fully saturated rings. The van der Waals surface area contributed by atoms with Crippen LogP contribution in [-0.4, -0.2) is 72.8 Å². The van der Waals surface area contributed by atoms with Gasteiger partial charge in [-0.2, -0.15) is 0 Å². The number of piperazine rings is 1. The highest BCUT2D eigenvalue weighted by Crippen LogP contribution is 2.06. The number of carbonyl (C=O) groups excluding carboxylic acids is 3. The Balaban J connectivity index is 1.61. The minimum Gasteiger partial charge on any atom is -0.353 e. The van der Waals surface area contributed by atoms with Gasteiger partial charge in [0.05, 0.1) is 6.54 Å². The van der Waals surface area contributed by atoms with E-state index in [9.17, 15) is 18.8 Å². The van der Waals surface area contributed by atoms with E-state index in [1.165, 1.54) is 24.3 Å². The van der Waals surface area contributed by atoms with Crippen molar-refractivity contribution in [2.24, 2.45) is 0 Å². The lowest BCUT2D eigenvalue weighted by molar-refractivity contribution is -0.133. The molecule has 8 heteroatoms. The molecule has 3 amide bonds. The number of amides is 3. The van der Waals surface area contributed by atoms with Crippen molar-refractivity contribution in [3.63, 3.8) is 0 Å². The molecule has 2 N–H and O–H groups in total. The molecule has 1 aliphatic heterocycles. The molecule has 0 aromatic heterocycles. The molecule has 1 aromatic carbocycles. The van der Waals surface area contributed by atoms with Gasteiger partial charge >= 0.3 is 0 Å². The lowest BCUT2D eigenvalue weighted by Crippen LogP contribution is -2.51. The third-order valence-corrected chi connectivity index (χ3v) is 5.07. The Morgan fingerprint density at radius 3 is 2.38 bits per heavy atom. The minimum absolute atomic E-state index is 0.0241. The minimum atomic E-state index is -0.386. The summed E-state index contributed by atoms with van der Waals surface area (Å²) in [6.07, 6.45) is 1.81. The first-order valence-electron chi connectivity index (χ1n) is 10.2. The van der Waals surface area contributed by atoms with Crippen LogP contribution in [0.25, 0.3) is 0 Å². The number of hydrogen-bond acceptors (Lipinski definition) is 4. The maximum absolute atomic E-state index is 12.9. The smallest absolute Gasteiger partial charge is 0.251 e. The molecule has 2 rings (SSSR count). The van der Waals surface area contributed by atoms with Crippen molar-refractivity contribution >= 4 is 17.7 Å². The molecule has 7 nitrogen and oxygen atoms in total. The summed E-state index contributed by atoms with van der Waals surface area (Å²) in [7, 11) is 0. The first-order valence-corrected chi connectivity index (χ1v) is 10.2. The van der Waals surface area contributed by atoms with E-state index < -0.39 is 0 Å². The quantitative estimate of drug-likeness (QED) is 0.608. The molecule has 29 heavy (non-hydrogen) atoms. The van der Waals surface area contributed by atoms with Crippen LogP contribution in [0.5, 0.6) is 0 Å². The van der Waals surface area contributed by atoms with Crippen LogP contribution in [0.4, 0.5) is 4.39 Å². The molecule has 0 bridgehead atoms. The second-order valence-corrected chi connectivity index (χ2v) is 7.40. The van der Waals surface area contributed by atoms with Crippen LogP contribution in [-0.2, 0) is 9.59 Å². The standard InChI is InChI=1S/C21H31FN4O3/c1-3-16(2)24-19(27)15-25-11-13-26(14-12-25)20(28)5-4-10-23-21(29)17-6-8-18(22)9-7-17/h6-9,16H,3-5,10-15H2,1-2H3,(H,23,29)(H,24,27). The second kappa shape index (κ2) is 11.5. The van der Waals surface area contributed by atoms with Gasteiger partial charge in [-0.05, 0) is 44.0 Å². The molecule has 0 radical (unpaired) electrons. The van der Waals surface area contributed by atoms with Gasteiger partial charge in [0.1, 0.15) is 5.82 Å². The molecule has 0 saturated carbocycles. The van der Waals surface area contributed by atoms with Gasteiger partial charge in [-0.15, -0.1) is 0 Å². The molecule has 1 aliphatic rings. The summed E-state index contributed by atoms with van der Waals surface area (Å²) in [5.41, 5.74) is 0.395. The molecule has 1 aromatic rings. The molecular weight excluding hydrogens is 375 g/mol. The summed E-state index contributed by atoms with van der Waals surface area (Å²) in [4.78, 5) is 40.1. The fraction of sp³-hybridized carbons (Fsp3) is 0.571. The predicted octanol–water partition coefficient (Wildman–Crippen LogP) is 1.39. The van der Waals surface area contributed by atoms with Gasteiger partial charge < -0.3 is 15.5 Å². The van der Waals surface area contributed by atoms with E-state index >= 15 is 0 Å². The van der Waals surface area contributed by atoms with Gasteiger partial charge in [-0.25, -0.2) is 4.39 Å². The van der Waals surface area contributed by atoms with Crippen LogP contribution >= 0.6 is 0 Å². The van der Waals surface area contributed by atoms with E-state index in [2.05, 4.69) is 15.5 Å². The monoisotopic (exact) mass is 406 g/mol. The van der Waals surface area contributed by atoms with Crippen molar-refractivity contribution in [3.05, 3.63) is 35.6 Å². The van der Waals surface area contributed by atoms with Gasteiger partial charge in [-0.3, -0.25) is 19.3 Å². The summed E-state index contributed by atoms with van der Waals surface area (Å²) in [5, 5.41) is 5.70. The number of nitrogens with one attached hydrogen (secondary N) is 2. The predicted molar refractivity (Wildman–Crippen MR) is 109 cm³/mol. The number of carbonyl (C=O) groups is 3. The topological polar surface area (TPSA) is 81.8 Å². The highest BCUT2D eigenvalue weighted by Gasteiger charge is 2.22. The van der Waals surface area contributed by atoms with Crippen molar-refractivity contribution < 1.29 is 18.8 Å². The van der Waals surface area contributed by atoms with Crippen molar-refractivity contribution in [3.8, 4) is 0 Å². The summed E-state index contributed by atoms with van der Waals surface area (Å²) in [6, 6.07) is 5.52. The van der Waals surface area contributed by atoms with E-state index in [0.717, 1.165) is 6.42 Å². The molecule has 0 spiro atoms. The zero-order chi connectivity index (χ0) is 21.2. The van der Waals surface area contributed by atoms with E-state index in [1.54, 1.807) is 0 Å². The van der Waals surface area contributed by atoms with Crippen LogP contribution in [0.1, 0.15) is 43.5 Å². The molecule has 160 valence electrons. The molecule has 1 heterocycles. The summed E-state index contributed by atoms with van der Waals surface area (Å²) >= 11 is 0. The SMILES string of the molecule is CCC(C)NC(=O)CN1CCN(C(=O)CCCNC(=O)c2ccc(F)cc2)CC1. The van der Waals surface area contributed by atoms with Crippen molar-refractivity contribution in [1.82, 2.24) is 20.4 Å². The Bertz CT molecular complexity index is 688. The van der Waals surface area contributed by atoms with Gasteiger partial charge in [0.15, 0.2) is 0 Å². The zero-order valence-electron chi connectivity index (χ0n) is 17.2. The van der Waals surface area contributed by atoms with Crippen molar-refractivity contribution in [2.45, 2.75) is 39.2 Å². The third kappa shape index (κ3) is 7.81. The zero-order valence-corrected chi connectivity index (χ0v) is 17.2. The maximum atomic E-state index is 12.9. The second-order valence-electron chi connectivity index (χ2n) is 7.40. The van der Waals surface area contributed by atoms with E-state index in [-0.39, 0.29) is 29.6 Å². The van der Waals surface area contributed by atoms with Crippen molar-refractivity contribution in [2.75, 3.05) is 39.3 Å². The highest BCUT2D eigenvalue weighted by molar-refractivity contribution is 5.94. The normalized spacial score (nSPS) is 15.6. The average Bonchev–Trinajstić information content (AvgIpc) is 2.71. The average molecular weight is 407 g/mol. The fourth-order valence-electron chi connectivity index (χ4n) is 3.08. The first-order chi connectivity index (χ1) is 13.9. The maximum Gasteiger partial charge on any atom is 0.251 e. The lowest BCUT2D eigenvalue weighted by Gasteiger charge is -2.34. The van der Waals surface area contributed by atoms with Crippen LogP contribution in [0, 0.1) is 5.82 Å². The van der Waals surface area contributed by atoms with Crippen molar-refractivity contribution in [1.29, 1.82) is 0 Å². The van der Waals surface area contributed by atoms with Crippen LogP contribution in [0.2, 0.25) is 0 Å². The molecule has 1 atom stereocenters. The number of nitrogens with zero attached hydrogens (tertiary/aromatic N) is 2. The van der Waals surface area contributed by atoms with E-state index in [0.29, 0.717) is 57.7 Å². The molecule has 1 saturated heterocycles. The number of hydrogen-bond donors (Lipinski definition) is 2. The third-order valence-electron chi connectivity index (χ3n) is 5.07. The molecular formula is C21H31FN4O3. The van der Waals surface area contributed by atoms with Crippen LogP contribution in [0.3, 0.4) is 0 Å². The lowest BCUT2D eigenvalue weighted by atomic mass is 10.2. The first kappa shape index (κ1) is 22.8. The Kier molecular flexibility index (Phi) is 9.05. The van der Waals surface area contributed by atoms with E-state index in [4.69, 9.17) is 0 Å². The molecule has 1 unspecified atom stereocenters. The van der Waals surface area contributed by atoms with Gasteiger partial charge in [0.2, 0.25) is 11.8 Å². The van der Waals surface area contributed by atoms with Gasteiger partial charge in [-0.1, -0.05) is 6.92 Å². The number of rotatable bonds is 9. The number of benzene rings is 1. The number of halogens is 1. The van der Waals surface area contributed by atoms with Gasteiger partial charge in [0, 0.05) is 50.7 Å². The van der Waals surface area contributed by atoms with Gasteiger partial charge in [0.25, 0.3) is 5.91 Å². The Morgan fingerprint density at radius 1 is 1.10 bits per heavy atom. The Morgan fingerprint density at radius 2 is 1.76 bits per heavy atom. The fourth-order valence-corrected chi connectivity index (χ4v) is 3.08. The summed E-state index contributed by atoms with van der Waals surface area (Å²) in [5.74, 6) is -0.578. The largest absolute Gasteiger partial charge is 0.353 e. The summed E-state index contributed by atoms with van der Waals surface area (Å²) < 4.78 is 12.9. The molecule has 0 aliphatic carbocycles. The Labute approximate surface area is 171 Å². The highest BCUT2D eigenvalue weighted by atomic mass is 19.1. The van der Waals surface area contributed by atoms with Crippen LogP contribution < -0.4 is 10.6 Å². The Hall–Kier alpha value is -2.48. The van der Waals surface area contributed by atoms with E-state index in [1.807, 2.05) is 18.7 Å².